The molecule has 3 heterocycles. The number of hydrogen-bond acceptors (Lipinski definition) is 5. The molecule has 0 aromatic carbocycles. The van der Waals surface area contributed by atoms with E-state index in [-0.39, 0.29) is 11.7 Å². The van der Waals surface area contributed by atoms with E-state index in [4.69, 9.17) is 8.94 Å². The maximum Gasteiger partial charge on any atom is 0.204 e. The third-order valence-corrected chi connectivity index (χ3v) is 4.13. The van der Waals surface area contributed by atoms with Crippen molar-refractivity contribution in [1.29, 1.82) is 0 Å². The number of ketones is 1. The van der Waals surface area contributed by atoms with Crippen LogP contribution in [0.15, 0.2) is 27.1 Å². The van der Waals surface area contributed by atoms with Crippen LogP contribution in [0.4, 0.5) is 0 Å². The molecule has 3 rings (SSSR count). The quantitative estimate of drug-likeness (QED) is 0.767. The third kappa shape index (κ3) is 3.47. The fourth-order valence-corrected chi connectivity index (χ4v) is 2.95. The summed E-state index contributed by atoms with van der Waals surface area (Å²) in [6, 6.07) is 5.57. The summed E-state index contributed by atoms with van der Waals surface area (Å²) in [6.45, 7) is 6.85. The van der Waals surface area contributed by atoms with Crippen molar-refractivity contribution in [2.75, 3.05) is 19.6 Å². The van der Waals surface area contributed by atoms with Crippen LogP contribution in [0.1, 0.15) is 47.5 Å². The van der Waals surface area contributed by atoms with E-state index in [1.54, 1.807) is 6.07 Å². The average Bonchev–Trinajstić information content (AvgIpc) is 3.21. The number of nitrogens with zero attached hydrogens (tertiary/aromatic N) is 2. The second-order valence-corrected chi connectivity index (χ2v) is 6.14. The van der Waals surface area contributed by atoms with Crippen molar-refractivity contribution in [3.8, 4) is 0 Å². The molecule has 0 saturated carbocycles. The Kier molecular flexibility index (Phi) is 4.43. The molecule has 1 saturated heterocycles. The molecule has 0 radical (unpaired) electrons. The zero-order chi connectivity index (χ0) is 15.5. The van der Waals surface area contributed by atoms with Crippen LogP contribution in [0.3, 0.4) is 0 Å². The number of aromatic nitrogens is 1. The summed E-state index contributed by atoms with van der Waals surface area (Å²) in [4.78, 5) is 14.8. The molecule has 2 aromatic rings. The van der Waals surface area contributed by atoms with Crippen LogP contribution in [0.5, 0.6) is 0 Å². The normalized spacial score (nSPS) is 17.0. The zero-order valence-electron chi connectivity index (χ0n) is 13.2. The molecule has 5 heteroatoms. The molecule has 0 spiro atoms. The molecule has 1 unspecified atom stereocenters. The Hall–Kier alpha value is -1.88. The maximum absolute atomic E-state index is 12.4. The fraction of sp³-hybridized carbons (Fsp3) is 0.529. The van der Waals surface area contributed by atoms with Gasteiger partial charge in [-0.2, -0.15) is 0 Å². The molecule has 22 heavy (non-hydrogen) atoms. The third-order valence-electron chi connectivity index (χ3n) is 4.13. The lowest BCUT2D eigenvalue weighted by molar-refractivity contribution is 0.0865. The van der Waals surface area contributed by atoms with Crippen molar-refractivity contribution in [3.05, 3.63) is 41.2 Å². The number of likely N-dealkylation sites (tertiary alicyclic amines) is 1. The van der Waals surface area contributed by atoms with E-state index < -0.39 is 0 Å². The molecule has 0 amide bonds. The lowest BCUT2D eigenvalue weighted by atomic mass is 10.0. The van der Waals surface area contributed by atoms with Gasteiger partial charge in [-0.25, -0.2) is 0 Å². The number of carbonyl (C=O) groups excluding carboxylic acids is 1. The highest BCUT2D eigenvalue weighted by molar-refractivity contribution is 5.95. The first-order valence-electron chi connectivity index (χ1n) is 7.89. The van der Waals surface area contributed by atoms with Crippen LogP contribution in [0, 0.1) is 12.8 Å². The van der Waals surface area contributed by atoms with Crippen molar-refractivity contribution in [2.45, 2.75) is 33.1 Å². The Morgan fingerprint density at radius 1 is 1.36 bits per heavy atom. The van der Waals surface area contributed by atoms with Gasteiger partial charge in [0.15, 0.2) is 0 Å². The Morgan fingerprint density at radius 2 is 2.14 bits per heavy atom. The molecule has 1 atom stereocenters. The second kappa shape index (κ2) is 6.48. The van der Waals surface area contributed by atoms with E-state index in [0.717, 1.165) is 36.8 Å². The SMILES string of the molecule is Cc1ccc(Cc2cc(C(=O)C(C)CN3CCCC3)on2)o1. The molecule has 0 bridgehead atoms. The van der Waals surface area contributed by atoms with Gasteiger partial charge in [0.25, 0.3) is 0 Å². The predicted molar refractivity (Wildman–Crippen MR) is 81.9 cm³/mol. The first-order valence-corrected chi connectivity index (χ1v) is 7.89. The Morgan fingerprint density at radius 3 is 2.82 bits per heavy atom. The topological polar surface area (TPSA) is 59.5 Å². The Balaban J connectivity index is 1.60. The highest BCUT2D eigenvalue weighted by Gasteiger charge is 2.23. The largest absolute Gasteiger partial charge is 0.466 e. The summed E-state index contributed by atoms with van der Waals surface area (Å²) in [7, 11) is 0. The summed E-state index contributed by atoms with van der Waals surface area (Å²) in [5, 5.41) is 3.99. The summed E-state index contributed by atoms with van der Waals surface area (Å²) in [5.74, 6) is 2.01. The molecule has 0 aliphatic carbocycles. The van der Waals surface area contributed by atoms with Gasteiger partial charge in [0.1, 0.15) is 11.5 Å². The van der Waals surface area contributed by atoms with E-state index in [9.17, 15) is 4.79 Å². The van der Waals surface area contributed by atoms with Crippen LogP contribution >= 0.6 is 0 Å². The molecule has 5 nitrogen and oxygen atoms in total. The minimum absolute atomic E-state index is 0.0290. The van der Waals surface area contributed by atoms with Crippen LogP contribution < -0.4 is 0 Å². The molecule has 2 aromatic heterocycles. The lowest BCUT2D eigenvalue weighted by Crippen LogP contribution is -2.29. The number of furan rings is 1. The molecule has 0 N–H and O–H groups in total. The van der Waals surface area contributed by atoms with Crippen LogP contribution in [-0.4, -0.2) is 35.5 Å². The minimum atomic E-state index is -0.0650. The van der Waals surface area contributed by atoms with Crippen LogP contribution in [0.25, 0.3) is 0 Å². The van der Waals surface area contributed by atoms with Gasteiger partial charge in [0.2, 0.25) is 11.5 Å². The number of carbonyl (C=O) groups is 1. The highest BCUT2D eigenvalue weighted by atomic mass is 16.5. The molecule has 1 fully saturated rings. The molecular formula is C17H22N2O3. The summed E-state index contributed by atoms with van der Waals surface area (Å²) in [6.07, 6.45) is 3.01. The highest BCUT2D eigenvalue weighted by Crippen LogP contribution is 2.17. The summed E-state index contributed by atoms with van der Waals surface area (Å²) >= 11 is 0. The number of hydrogen-bond donors (Lipinski definition) is 0. The molecular weight excluding hydrogens is 280 g/mol. The van der Waals surface area contributed by atoms with E-state index in [1.807, 2.05) is 26.0 Å². The zero-order valence-corrected chi connectivity index (χ0v) is 13.2. The van der Waals surface area contributed by atoms with E-state index in [0.29, 0.717) is 12.2 Å². The van der Waals surface area contributed by atoms with Crippen molar-refractivity contribution < 1.29 is 13.7 Å². The summed E-state index contributed by atoms with van der Waals surface area (Å²) in [5.41, 5.74) is 0.728. The van der Waals surface area contributed by atoms with Crippen LogP contribution in [0.2, 0.25) is 0 Å². The predicted octanol–water partition coefficient (Wildman–Crippen LogP) is 3.08. The van der Waals surface area contributed by atoms with Crippen molar-refractivity contribution in [2.24, 2.45) is 5.92 Å². The standard InChI is InChI=1S/C17H22N2O3/c1-12(11-19-7-3-4-8-19)17(20)16-10-14(18-22-16)9-15-6-5-13(2)21-15/h5-6,10,12H,3-4,7-9,11H2,1-2H3. The summed E-state index contributed by atoms with van der Waals surface area (Å²) < 4.78 is 10.8. The molecule has 1 aliphatic heterocycles. The average molecular weight is 302 g/mol. The van der Waals surface area contributed by atoms with E-state index in [1.165, 1.54) is 12.8 Å². The molecule has 118 valence electrons. The van der Waals surface area contributed by atoms with Crippen molar-refractivity contribution in [1.82, 2.24) is 10.1 Å². The fourth-order valence-electron chi connectivity index (χ4n) is 2.95. The van der Waals surface area contributed by atoms with Crippen LogP contribution in [-0.2, 0) is 6.42 Å². The van der Waals surface area contributed by atoms with Gasteiger partial charge in [-0.05, 0) is 45.0 Å². The minimum Gasteiger partial charge on any atom is -0.466 e. The van der Waals surface area contributed by atoms with Gasteiger partial charge in [-0.1, -0.05) is 12.1 Å². The van der Waals surface area contributed by atoms with Gasteiger partial charge in [0.05, 0.1) is 12.1 Å². The van der Waals surface area contributed by atoms with Gasteiger partial charge in [0, 0.05) is 18.5 Å². The van der Waals surface area contributed by atoms with Gasteiger partial charge >= 0.3 is 0 Å². The van der Waals surface area contributed by atoms with Crippen molar-refractivity contribution in [3.63, 3.8) is 0 Å². The Bertz CT molecular complexity index is 638. The number of rotatable bonds is 6. The number of Topliss-reactive ketones (excluding diaryl/α,β-unsaturated/α-hetero) is 1. The smallest absolute Gasteiger partial charge is 0.204 e. The Labute approximate surface area is 130 Å². The van der Waals surface area contributed by atoms with E-state index >= 15 is 0 Å². The van der Waals surface area contributed by atoms with Gasteiger partial charge in [-0.3, -0.25) is 4.79 Å². The monoisotopic (exact) mass is 302 g/mol. The second-order valence-electron chi connectivity index (χ2n) is 6.14. The van der Waals surface area contributed by atoms with Crippen molar-refractivity contribution >= 4 is 5.78 Å². The molecule has 1 aliphatic rings. The first kappa shape index (κ1) is 15.0. The van der Waals surface area contributed by atoms with Gasteiger partial charge < -0.3 is 13.8 Å². The number of aryl methyl sites for hydroxylation is 1. The lowest BCUT2D eigenvalue weighted by Gasteiger charge is -2.18. The van der Waals surface area contributed by atoms with E-state index in [2.05, 4.69) is 10.1 Å². The maximum atomic E-state index is 12.4. The van der Waals surface area contributed by atoms with Gasteiger partial charge in [-0.15, -0.1) is 0 Å². The first-order chi connectivity index (χ1) is 10.6.